The topological polar surface area (TPSA) is 44.8 Å². The van der Waals surface area contributed by atoms with Crippen molar-refractivity contribution in [3.8, 4) is 5.75 Å². The first-order valence-electron chi connectivity index (χ1n) is 14.3. The molecule has 2 heterocycles. The molecule has 0 saturated carbocycles. The molecule has 0 atom stereocenters. The van der Waals surface area contributed by atoms with Gasteiger partial charge in [0.2, 0.25) is 0 Å². The number of carbonyl (C=O) groups is 1. The minimum Gasteiger partial charge on any atom is -0.490 e. The van der Waals surface area contributed by atoms with Gasteiger partial charge in [0, 0.05) is 44.2 Å². The molecule has 1 N–H and O–H groups in total. The van der Waals surface area contributed by atoms with Crippen molar-refractivity contribution in [2.45, 2.75) is 44.1 Å². The fourth-order valence-corrected chi connectivity index (χ4v) is 5.76. The molecule has 3 aromatic rings. The SMILES string of the molecule is O=C(NCCN1CCCCC1)c1cccc(OC2CCN(CC(c3ccccc3)c3ccccc3)CC2)c1. The molecule has 2 fully saturated rings. The average molecular weight is 512 g/mol. The quantitative estimate of drug-likeness (QED) is 0.386. The number of rotatable bonds is 10. The van der Waals surface area contributed by atoms with Crippen molar-refractivity contribution in [1.29, 1.82) is 0 Å². The number of benzene rings is 3. The van der Waals surface area contributed by atoms with Crippen LogP contribution in [-0.2, 0) is 0 Å². The Hall–Kier alpha value is -3.15. The second-order valence-corrected chi connectivity index (χ2v) is 10.7. The predicted molar refractivity (Wildman–Crippen MR) is 154 cm³/mol. The molecule has 5 heteroatoms. The fourth-order valence-electron chi connectivity index (χ4n) is 5.76. The predicted octanol–water partition coefficient (Wildman–Crippen LogP) is 5.58. The summed E-state index contributed by atoms with van der Waals surface area (Å²) in [5.74, 6) is 1.13. The molecule has 0 radical (unpaired) electrons. The molecule has 2 aliphatic heterocycles. The molecule has 0 aromatic heterocycles. The largest absolute Gasteiger partial charge is 0.490 e. The number of likely N-dealkylation sites (tertiary alicyclic amines) is 2. The molecule has 5 nitrogen and oxygen atoms in total. The van der Waals surface area contributed by atoms with Crippen LogP contribution in [0.25, 0.3) is 0 Å². The van der Waals surface area contributed by atoms with Gasteiger partial charge >= 0.3 is 0 Å². The standard InChI is InChI=1S/C33H41N3O2/c37-33(34-19-24-35-20-8-3-9-21-35)29-15-10-16-31(25-29)38-30-17-22-36(23-18-30)26-32(27-11-4-1-5-12-27)28-13-6-2-7-14-28/h1-2,4-7,10-16,25,30,32H,3,8-9,17-24,26H2,(H,34,37). The van der Waals surface area contributed by atoms with E-state index in [9.17, 15) is 4.79 Å². The number of amides is 1. The van der Waals surface area contributed by atoms with E-state index in [1.165, 1.54) is 30.4 Å². The Bertz CT molecular complexity index is 1080. The second kappa shape index (κ2) is 13.6. The molecule has 38 heavy (non-hydrogen) atoms. The molecule has 5 rings (SSSR count). The number of nitrogens with zero attached hydrogens (tertiary/aromatic N) is 2. The Morgan fingerprint density at radius 3 is 2.11 bits per heavy atom. The van der Waals surface area contributed by atoms with E-state index < -0.39 is 0 Å². The van der Waals surface area contributed by atoms with E-state index in [1.54, 1.807) is 0 Å². The molecular weight excluding hydrogens is 470 g/mol. The lowest BCUT2D eigenvalue weighted by atomic mass is 9.90. The van der Waals surface area contributed by atoms with E-state index in [0.717, 1.165) is 57.9 Å². The van der Waals surface area contributed by atoms with Gasteiger partial charge in [0.05, 0.1) is 0 Å². The lowest BCUT2D eigenvalue weighted by molar-refractivity contribution is 0.0936. The van der Waals surface area contributed by atoms with Crippen molar-refractivity contribution in [2.75, 3.05) is 45.8 Å². The van der Waals surface area contributed by atoms with Crippen LogP contribution in [0.5, 0.6) is 5.75 Å². The highest BCUT2D eigenvalue weighted by molar-refractivity contribution is 5.94. The Morgan fingerprint density at radius 2 is 1.45 bits per heavy atom. The van der Waals surface area contributed by atoms with Crippen LogP contribution >= 0.6 is 0 Å². The Morgan fingerprint density at radius 1 is 0.789 bits per heavy atom. The van der Waals surface area contributed by atoms with Crippen LogP contribution in [0.4, 0.5) is 0 Å². The van der Waals surface area contributed by atoms with Gasteiger partial charge in [0.15, 0.2) is 0 Å². The first-order valence-corrected chi connectivity index (χ1v) is 14.3. The molecule has 0 aliphatic carbocycles. The second-order valence-electron chi connectivity index (χ2n) is 10.7. The molecule has 0 bridgehead atoms. The highest BCUT2D eigenvalue weighted by Crippen LogP contribution is 2.28. The normalized spacial score (nSPS) is 17.4. The van der Waals surface area contributed by atoms with Crippen molar-refractivity contribution in [2.24, 2.45) is 0 Å². The van der Waals surface area contributed by atoms with Gasteiger partial charge in [-0.15, -0.1) is 0 Å². The zero-order valence-corrected chi connectivity index (χ0v) is 22.4. The highest BCUT2D eigenvalue weighted by atomic mass is 16.5. The summed E-state index contributed by atoms with van der Waals surface area (Å²) in [5.41, 5.74) is 3.40. The van der Waals surface area contributed by atoms with Crippen molar-refractivity contribution in [3.63, 3.8) is 0 Å². The fraction of sp³-hybridized carbons (Fsp3) is 0.424. The zero-order valence-electron chi connectivity index (χ0n) is 22.4. The molecule has 200 valence electrons. The van der Waals surface area contributed by atoms with E-state index in [-0.39, 0.29) is 12.0 Å². The van der Waals surface area contributed by atoms with Gasteiger partial charge in [-0.1, -0.05) is 73.2 Å². The van der Waals surface area contributed by atoms with Crippen molar-refractivity contribution in [3.05, 3.63) is 102 Å². The Labute approximate surface area is 227 Å². The number of carbonyl (C=O) groups excluding carboxylic acids is 1. The van der Waals surface area contributed by atoms with Crippen LogP contribution < -0.4 is 10.1 Å². The van der Waals surface area contributed by atoms with Gasteiger partial charge in [0.25, 0.3) is 5.91 Å². The maximum atomic E-state index is 12.7. The number of nitrogens with one attached hydrogen (secondary N) is 1. The molecule has 1 amide bonds. The molecule has 2 saturated heterocycles. The smallest absolute Gasteiger partial charge is 0.251 e. The number of piperidine rings is 2. The summed E-state index contributed by atoms with van der Waals surface area (Å²) in [5, 5.41) is 3.09. The summed E-state index contributed by atoms with van der Waals surface area (Å²) < 4.78 is 6.35. The number of hydrogen-bond donors (Lipinski definition) is 1. The van der Waals surface area contributed by atoms with E-state index >= 15 is 0 Å². The Kier molecular flexibility index (Phi) is 9.46. The van der Waals surface area contributed by atoms with Crippen molar-refractivity contribution >= 4 is 5.91 Å². The van der Waals surface area contributed by atoms with Gasteiger partial charge in [-0.2, -0.15) is 0 Å². The van der Waals surface area contributed by atoms with Gasteiger partial charge < -0.3 is 19.9 Å². The van der Waals surface area contributed by atoms with E-state index in [4.69, 9.17) is 4.74 Å². The van der Waals surface area contributed by atoms with E-state index in [0.29, 0.717) is 18.0 Å². The zero-order chi connectivity index (χ0) is 26.0. The van der Waals surface area contributed by atoms with Crippen molar-refractivity contribution in [1.82, 2.24) is 15.1 Å². The average Bonchev–Trinajstić information content (AvgIpc) is 2.98. The molecular formula is C33H41N3O2. The van der Waals surface area contributed by atoms with Crippen LogP contribution in [-0.4, -0.2) is 67.6 Å². The maximum absolute atomic E-state index is 12.7. The van der Waals surface area contributed by atoms with Gasteiger partial charge in [0.1, 0.15) is 11.9 Å². The third-order valence-electron chi connectivity index (χ3n) is 7.94. The molecule has 3 aromatic carbocycles. The van der Waals surface area contributed by atoms with E-state index in [1.807, 2.05) is 24.3 Å². The summed E-state index contributed by atoms with van der Waals surface area (Å²) in [6, 6.07) is 29.3. The third-order valence-corrected chi connectivity index (χ3v) is 7.94. The minimum absolute atomic E-state index is 0.0184. The molecule has 0 unspecified atom stereocenters. The number of ether oxygens (including phenoxy) is 1. The summed E-state index contributed by atoms with van der Waals surface area (Å²) >= 11 is 0. The summed E-state index contributed by atoms with van der Waals surface area (Å²) in [4.78, 5) is 17.7. The third kappa shape index (κ3) is 7.46. The van der Waals surface area contributed by atoms with Crippen molar-refractivity contribution < 1.29 is 9.53 Å². The number of hydrogen-bond acceptors (Lipinski definition) is 4. The van der Waals surface area contributed by atoms with Crippen LogP contribution in [0, 0.1) is 0 Å². The molecule has 2 aliphatic rings. The van der Waals surface area contributed by atoms with Crippen LogP contribution in [0.15, 0.2) is 84.9 Å². The summed E-state index contributed by atoms with van der Waals surface area (Å²) in [7, 11) is 0. The first kappa shape index (κ1) is 26.5. The minimum atomic E-state index is -0.0184. The van der Waals surface area contributed by atoms with Gasteiger partial charge in [-0.05, 0) is 68.1 Å². The molecule has 0 spiro atoms. The van der Waals surface area contributed by atoms with Crippen LogP contribution in [0.1, 0.15) is 59.5 Å². The highest BCUT2D eigenvalue weighted by Gasteiger charge is 2.24. The van der Waals surface area contributed by atoms with E-state index in [2.05, 4.69) is 75.8 Å². The van der Waals surface area contributed by atoms with Gasteiger partial charge in [-0.3, -0.25) is 4.79 Å². The maximum Gasteiger partial charge on any atom is 0.251 e. The van der Waals surface area contributed by atoms with Gasteiger partial charge in [-0.25, -0.2) is 0 Å². The Balaban J connectivity index is 1.11. The first-order chi connectivity index (χ1) is 18.7. The summed E-state index contributed by atoms with van der Waals surface area (Å²) in [6.45, 7) is 6.95. The van der Waals surface area contributed by atoms with Crippen LogP contribution in [0.2, 0.25) is 0 Å². The monoisotopic (exact) mass is 511 g/mol. The van der Waals surface area contributed by atoms with Crippen LogP contribution in [0.3, 0.4) is 0 Å². The summed E-state index contributed by atoms with van der Waals surface area (Å²) in [6.07, 6.45) is 6.03. The lowest BCUT2D eigenvalue weighted by Crippen LogP contribution is -2.40. The lowest BCUT2D eigenvalue weighted by Gasteiger charge is -2.34.